The number of rotatable bonds is 3. The third kappa shape index (κ3) is 2.55. The molecule has 1 aliphatic heterocycles. The van der Waals surface area contributed by atoms with Gasteiger partial charge in [-0.3, -0.25) is 9.69 Å². The Morgan fingerprint density at radius 2 is 2.05 bits per heavy atom. The van der Waals surface area contributed by atoms with Crippen molar-refractivity contribution in [2.24, 2.45) is 0 Å². The first-order chi connectivity index (χ1) is 10.1. The van der Waals surface area contributed by atoms with Gasteiger partial charge >= 0.3 is 5.97 Å². The van der Waals surface area contributed by atoms with E-state index in [1.54, 1.807) is 30.5 Å². The summed E-state index contributed by atoms with van der Waals surface area (Å²) in [6, 6.07) is 9.91. The number of benzene rings is 1. The average Bonchev–Trinajstić information content (AvgIpc) is 2.51. The molecule has 1 amide bonds. The molecule has 106 valence electrons. The maximum atomic E-state index is 12.0. The standard InChI is InChI=1S/C15H12N2O4/c18-13-9-21-12-2-1-7-16-14(12)17(13)8-10-3-5-11(6-4-10)15(19)20/h1-7H,8-9H2,(H,19,20). The van der Waals surface area contributed by atoms with Crippen LogP contribution in [0, 0.1) is 0 Å². The number of nitrogens with zero attached hydrogens (tertiary/aromatic N) is 2. The van der Waals surface area contributed by atoms with Gasteiger partial charge in [-0.25, -0.2) is 9.78 Å². The number of pyridine rings is 1. The Balaban J connectivity index is 1.87. The van der Waals surface area contributed by atoms with Crippen LogP contribution < -0.4 is 9.64 Å². The molecular weight excluding hydrogens is 272 g/mol. The number of ether oxygens (including phenoxy) is 1. The van der Waals surface area contributed by atoms with E-state index < -0.39 is 5.97 Å². The summed E-state index contributed by atoms with van der Waals surface area (Å²) in [6.07, 6.45) is 1.60. The topological polar surface area (TPSA) is 79.7 Å². The average molecular weight is 284 g/mol. The number of aromatic carboxylic acids is 1. The van der Waals surface area contributed by atoms with E-state index in [1.165, 1.54) is 17.0 Å². The summed E-state index contributed by atoms with van der Waals surface area (Å²) >= 11 is 0. The van der Waals surface area contributed by atoms with Crippen molar-refractivity contribution in [2.75, 3.05) is 11.5 Å². The number of amides is 1. The molecule has 0 bridgehead atoms. The van der Waals surface area contributed by atoms with Crippen LogP contribution in [0.3, 0.4) is 0 Å². The third-order valence-electron chi connectivity index (χ3n) is 3.20. The molecule has 0 spiro atoms. The van der Waals surface area contributed by atoms with Gasteiger partial charge in [-0.05, 0) is 29.8 Å². The summed E-state index contributed by atoms with van der Waals surface area (Å²) in [6.45, 7) is 0.304. The van der Waals surface area contributed by atoms with Crippen LogP contribution in [-0.2, 0) is 11.3 Å². The van der Waals surface area contributed by atoms with Crippen LogP contribution >= 0.6 is 0 Å². The van der Waals surface area contributed by atoms with Crippen LogP contribution in [0.4, 0.5) is 5.82 Å². The molecule has 0 radical (unpaired) electrons. The first-order valence-corrected chi connectivity index (χ1v) is 6.35. The normalized spacial score (nSPS) is 13.5. The smallest absolute Gasteiger partial charge is 0.335 e. The Morgan fingerprint density at radius 1 is 1.29 bits per heavy atom. The highest BCUT2D eigenvalue weighted by atomic mass is 16.5. The van der Waals surface area contributed by atoms with Crippen LogP contribution in [0.2, 0.25) is 0 Å². The number of fused-ring (bicyclic) bond motifs is 1. The van der Waals surface area contributed by atoms with E-state index in [-0.39, 0.29) is 18.1 Å². The number of carboxylic acids is 1. The summed E-state index contributed by atoms with van der Waals surface area (Å²) in [5.41, 5.74) is 1.04. The van der Waals surface area contributed by atoms with Gasteiger partial charge in [0, 0.05) is 6.20 Å². The van der Waals surface area contributed by atoms with E-state index in [9.17, 15) is 9.59 Å². The lowest BCUT2D eigenvalue weighted by molar-refractivity contribution is -0.121. The predicted molar refractivity (Wildman–Crippen MR) is 74.3 cm³/mol. The predicted octanol–water partition coefficient (Wildman–Crippen LogP) is 1.71. The SMILES string of the molecule is O=C(O)c1ccc(CN2C(=O)COc3cccnc32)cc1. The quantitative estimate of drug-likeness (QED) is 0.928. The number of carbonyl (C=O) groups excluding carboxylic acids is 1. The van der Waals surface area contributed by atoms with Crippen molar-refractivity contribution >= 4 is 17.7 Å². The Kier molecular flexibility index (Phi) is 3.27. The van der Waals surface area contributed by atoms with E-state index >= 15 is 0 Å². The second kappa shape index (κ2) is 5.24. The minimum Gasteiger partial charge on any atom is -0.480 e. The van der Waals surface area contributed by atoms with Crippen LogP contribution in [0.15, 0.2) is 42.6 Å². The Hall–Kier alpha value is -2.89. The maximum Gasteiger partial charge on any atom is 0.335 e. The molecule has 0 atom stereocenters. The summed E-state index contributed by atoms with van der Waals surface area (Å²) in [4.78, 5) is 28.5. The van der Waals surface area contributed by atoms with Gasteiger partial charge in [0.05, 0.1) is 12.1 Å². The molecule has 1 aromatic carbocycles. The fourth-order valence-corrected chi connectivity index (χ4v) is 2.13. The minimum atomic E-state index is -0.976. The molecule has 1 N–H and O–H groups in total. The molecule has 6 heteroatoms. The molecular formula is C15H12N2O4. The fourth-order valence-electron chi connectivity index (χ4n) is 2.13. The van der Waals surface area contributed by atoms with Crippen molar-refractivity contribution < 1.29 is 19.4 Å². The summed E-state index contributed by atoms with van der Waals surface area (Å²) in [5, 5.41) is 8.88. The lowest BCUT2D eigenvalue weighted by atomic mass is 10.1. The second-order valence-electron chi connectivity index (χ2n) is 4.60. The molecule has 1 aromatic heterocycles. The van der Waals surface area contributed by atoms with Gasteiger partial charge in [-0.1, -0.05) is 12.1 Å². The van der Waals surface area contributed by atoms with Gasteiger partial charge in [-0.15, -0.1) is 0 Å². The highest BCUT2D eigenvalue weighted by molar-refractivity contribution is 5.96. The molecule has 3 rings (SSSR count). The number of aromatic nitrogens is 1. The second-order valence-corrected chi connectivity index (χ2v) is 4.60. The van der Waals surface area contributed by atoms with Gasteiger partial charge in [0.15, 0.2) is 18.2 Å². The molecule has 0 saturated carbocycles. The van der Waals surface area contributed by atoms with E-state index in [4.69, 9.17) is 9.84 Å². The lowest BCUT2D eigenvalue weighted by Crippen LogP contribution is -2.38. The first kappa shape index (κ1) is 13.1. The number of anilines is 1. The van der Waals surface area contributed by atoms with Crippen LogP contribution in [0.25, 0.3) is 0 Å². The molecule has 1 aliphatic rings. The molecule has 21 heavy (non-hydrogen) atoms. The minimum absolute atomic E-state index is 0.0219. The van der Waals surface area contributed by atoms with Crippen molar-refractivity contribution in [1.82, 2.24) is 4.98 Å². The van der Waals surface area contributed by atoms with Gasteiger partial charge < -0.3 is 9.84 Å². The largest absolute Gasteiger partial charge is 0.480 e. The van der Waals surface area contributed by atoms with Crippen LogP contribution in [0.5, 0.6) is 5.75 Å². The highest BCUT2D eigenvalue weighted by Crippen LogP contribution is 2.30. The molecule has 2 heterocycles. The fraction of sp³-hybridized carbons (Fsp3) is 0.133. The maximum absolute atomic E-state index is 12.0. The van der Waals surface area contributed by atoms with Crippen molar-refractivity contribution in [3.05, 3.63) is 53.7 Å². The number of carbonyl (C=O) groups is 2. The molecule has 0 saturated heterocycles. The molecule has 0 aliphatic carbocycles. The molecule has 6 nitrogen and oxygen atoms in total. The Bertz CT molecular complexity index is 697. The monoisotopic (exact) mass is 284 g/mol. The zero-order valence-corrected chi connectivity index (χ0v) is 11.0. The first-order valence-electron chi connectivity index (χ1n) is 6.35. The number of hydrogen-bond acceptors (Lipinski definition) is 4. The number of carboxylic acid groups (broad SMARTS) is 1. The van der Waals surface area contributed by atoms with Gasteiger partial charge in [0.25, 0.3) is 5.91 Å². The zero-order valence-electron chi connectivity index (χ0n) is 11.0. The van der Waals surface area contributed by atoms with E-state index in [1.807, 2.05) is 0 Å². The van der Waals surface area contributed by atoms with Crippen LogP contribution in [0.1, 0.15) is 15.9 Å². The highest BCUT2D eigenvalue weighted by Gasteiger charge is 2.26. The summed E-state index contributed by atoms with van der Waals surface area (Å²) < 4.78 is 5.32. The molecule has 2 aromatic rings. The lowest BCUT2D eigenvalue weighted by Gasteiger charge is -2.28. The number of hydrogen-bond donors (Lipinski definition) is 1. The van der Waals surface area contributed by atoms with Gasteiger partial charge in [0.1, 0.15) is 0 Å². The Morgan fingerprint density at radius 3 is 2.76 bits per heavy atom. The summed E-state index contributed by atoms with van der Waals surface area (Å²) in [5.74, 6) is -0.102. The van der Waals surface area contributed by atoms with E-state index in [0.717, 1.165) is 5.56 Å². The zero-order chi connectivity index (χ0) is 14.8. The van der Waals surface area contributed by atoms with Crippen LogP contribution in [-0.4, -0.2) is 28.6 Å². The molecule has 0 unspecified atom stereocenters. The summed E-state index contributed by atoms with van der Waals surface area (Å²) in [7, 11) is 0. The van der Waals surface area contributed by atoms with Crippen molar-refractivity contribution in [1.29, 1.82) is 0 Å². The van der Waals surface area contributed by atoms with E-state index in [2.05, 4.69) is 4.98 Å². The van der Waals surface area contributed by atoms with E-state index in [0.29, 0.717) is 18.1 Å². The van der Waals surface area contributed by atoms with Gasteiger partial charge in [-0.2, -0.15) is 0 Å². The van der Waals surface area contributed by atoms with Gasteiger partial charge in [0.2, 0.25) is 0 Å². The van der Waals surface area contributed by atoms with Crippen molar-refractivity contribution in [2.45, 2.75) is 6.54 Å². The molecule has 0 fully saturated rings. The van der Waals surface area contributed by atoms with Crippen molar-refractivity contribution in [3.63, 3.8) is 0 Å². The third-order valence-corrected chi connectivity index (χ3v) is 3.20. The van der Waals surface area contributed by atoms with Crippen molar-refractivity contribution in [3.8, 4) is 5.75 Å². The Labute approximate surface area is 120 Å².